The molecule has 0 unspecified atom stereocenters. The van der Waals surface area contributed by atoms with Gasteiger partial charge in [-0.05, 0) is 169 Å². The highest BCUT2D eigenvalue weighted by atomic mass is 19.4. The number of carboxylic acids is 1. The number of hydrogen-bond donors (Lipinski definition) is 2. The maximum Gasteiger partial charge on any atom is 0.402 e. The number of imide groups is 2. The predicted molar refractivity (Wildman–Crippen MR) is 254 cm³/mol. The van der Waals surface area contributed by atoms with Gasteiger partial charge in [0.15, 0.2) is 0 Å². The van der Waals surface area contributed by atoms with Gasteiger partial charge in [-0.25, -0.2) is 4.79 Å². The van der Waals surface area contributed by atoms with Gasteiger partial charge in [-0.2, -0.15) is 13.2 Å². The molecular formula is C54H58F3N3O7. The molecule has 0 saturated heterocycles. The third-order valence-electron chi connectivity index (χ3n) is 12.6. The van der Waals surface area contributed by atoms with Gasteiger partial charge in [-0.1, -0.05) is 52.6 Å². The zero-order chi connectivity index (χ0) is 50.6. The first-order valence-corrected chi connectivity index (χ1v) is 21.4. The molecule has 10 nitrogen and oxygen atoms in total. The van der Waals surface area contributed by atoms with Crippen LogP contribution in [0.2, 0.25) is 0 Å². The van der Waals surface area contributed by atoms with Crippen LogP contribution >= 0.6 is 0 Å². The fourth-order valence-corrected chi connectivity index (χ4v) is 8.00. The number of fused-ring (bicyclic) bond motifs is 2. The average Bonchev–Trinajstić information content (AvgIpc) is 3.62. The lowest BCUT2D eigenvalue weighted by Crippen LogP contribution is -2.41. The Morgan fingerprint density at radius 3 is 1.16 bits per heavy atom. The van der Waals surface area contributed by atoms with Crippen molar-refractivity contribution in [3.63, 3.8) is 0 Å². The molecule has 352 valence electrons. The number of halogens is 3. The van der Waals surface area contributed by atoms with Crippen LogP contribution in [0.1, 0.15) is 136 Å². The van der Waals surface area contributed by atoms with Crippen molar-refractivity contribution in [1.82, 2.24) is 15.1 Å². The summed E-state index contributed by atoms with van der Waals surface area (Å²) in [5.74, 6) is -3.44. The molecule has 5 aromatic carbocycles. The number of aromatic carboxylic acids is 1. The summed E-state index contributed by atoms with van der Waals surface area (Å²) in [6, 6.07) is 17.9. The van der Waals surface area contributed by atoms with Gasteiger partial charge in [0.25, 0.3) is 29.5 Å². The number of benzene rings is 5. The number of carboxylic acid groups (broad SMARTS) is 1. The quantitative estimate of drug-likeness (QED) is 0.128. The summed E-state index contributed by atoms with van der Waals surface area (Å²) in [4.78, 5) is 72.4. The summed E-state index contributed by atoms with van der Waals surface area (Å²) in [6.07, 6.45) is -3.13. The van der Waals surface area contributed by atoms with Crippen LogP contribution in [0.5, 0.6) is 0 Å². The topological polar surface area (TPSA) is 141 Å². The molecule has 2 aliphatic heterocycles. The first-order chi connectivity index (χ1) is 31.1. The second kappa shape index (κ2) is 20.6. The summed E-state index contributed by atoms with van der Waals surface area (Å²) in [7, 11) is 2.51. The number of hydrogen-bond acceptors (Lipinski definition) is 6. The van der Waals surface area contributed by atoms with E-state index in [1.54, 1.807) is 18.2 Å². The molecule has 0 fully saturated rings. The molecule has 2 N–H and O–H groups in total. The smallest absolute Gasteiger partial charge is 0.402 e. The average molecular weight is 918 g/mol. The number of carbonyl (C=O) groups is 6. The second-order valence-corrected chi connectivity index (χ2v) is 17.3. The van der Waals surface area contributed by atoms with Gasteiger partial charge in [0, 0.05) is 26.2 Å². The number of alkyl halides is 3. The second-order valence-electron chi connectivity index (χ2n) is 17.3. The van der Waals surface area contributed by atoms with Crippen molar-refractivity contribution in [2.24, 2.45) is 0 Å². The lowest BCUT2D eigenvalue weighted by atomic mass is 9.74. The summed E-state index contributed by atoms with van der Waals surface area (Å²) in [5, 5.41) is 11.4. The van der Waals surface area contributed by atoms with Crippen molar-refractivity contribution >= 4 is 35.5 Å². The Labute approximate surface area is 390 Å². The summed E-state index contributed by atoms with van der Waals surface area (Å²) in [6.45, 7) is 26.0. The normalized spacial score (nSPS) is 12.8. The molecule has 0 spiro atoms. The number of rotatable bonds is 6. The van der Waals surface area contributed by atoms with E-state index in [-0.39, 0.29) is 39.3 Å². The molecule has 5 aromatic rings. The molecule has 0 atom stereocenters. The zero-order valence-corrected chi connectivity index (χ0v) is 40.3. The van der Waals surface area contributed by atoms with E-state index in [1.807, 2.05) is 52.0 Å². The third-order valence-corrected chi connectivity index (χ3v) is 12.6. The molecule has 0 bridgehead atoms. The molecule has 0 radical (unpaired) electrons. The maximum absolute atomic E-state index is 14.4. The van der Waals surface area contributed by atoms with Gasteiger partial charge < -0.3 is 10.4 Å². The van der Waals surface area contributed by atoms with E-state index in [0.29, 0.717) is 17.7 Å². The number of carbonyl (C=O) groups excluding carboxylic acids is 5. The van der Waals surface area contributed by atoms with Crippen LogP contribution in [0.3, 0.4) is 0 Å². The van der Waals surface area contributed by atoms with Gasteiger partial charge >= 0.3 is 12.1 Å². The van der Waals surface area contributed by atoms with Crippen molar-refractivity contribution in [3.05, 3.63) is 186 Å². The molecular weight excluding hydrogens is 860 g/mol. The van der Waals surface area contributed by atoms with Crippen LogP contribution in [-0.2, 0) is 5.41 Å². The Morgan fingerprint density at radius 2 is 0.866 bits per heavy atom. The lowest BCUT2D eigenvalue weighted by molar-refractivity contribution is -0.173. The highest BCUT2D eigenvalue weighted by Crippen LogP contribution is 2.47. The van der Waals surface area contributed by atoms with Crippen LogP contribution in [0.15, 0.2) is 85.5 Å². The van der Waals surface area contributed by atoms with Crippen LogP contribution < -0.4 is 5.32 Å². The fourth-order valence-electron chi connectivity index (χ4n) is 8.00. The van der Waals surface area contributed by atoms with Crippen LogP contribution in [-0.4, -0.2) is 77.2 Å². The van der Waals surface area contributed by atoms with Crippen molar-refractivity contribution in [3.8, 4) is 0 Å². The number of aryl methyl sites for hydroxylation is 4. The summed E-state index contributed by atoms with van der Waals surface area (Å²) in [5.41, 5.74) is 10.7. The highest BCUT2D eigenvalue weighted by molar-refractivity contribution is 6.22. The van der Waals surface area contributed by atoms with Crippen molar-refractivity contribution < 1.29 is 47.0 Å². The van der Waals surface area contributed by atoms with Gasteiger partial charge in [0.1, 0.15) is 5.41 Å². The molecule has 7 rings (SSSR count). The predicted octanol–water partition coefficient (Wildman–Crippen LogP) is 10.8. The number of nitrogens with zero attached hydrogens (tertiary/aromatic N) is 2. The Morgan fingerprint density at radius 1 is 0.552 bits per heavy atom. The highest BCUT2D eigenvalue weighted by Gasteiger charge is 2.54. The van der Waals surface area contributed by atoms with Gasteiger partial charge in [0.2, 0.25) is 0 Å². The standard InChI is InChI=1S/C21H15F3N2O4.C12H15NO.C12H18.C9H10O2/c1-20(21(22,23)24,10-4-6-12-14(8-10)18(29)25(2)16(12)27)11-5-7-13-15(9-11)19(30)26(3)17(13)28;1-4-5-13-12(14)11-7-9(2)6-10(3)8-11;1-7-8(2)10(4)12(6)11(5)9(7)3;1-6-3-7(2)5-8(4-6)9(10)11/h4-9H,1-3H3;4,6-8H,1,5H2,2-3H3,(H,13,14);1-6H3;3-5H,1-2H3,(H,10,11). The van der Waals surface area contributed by atoms with Crippen LogP contribution in [0, 0.1) is 69.2 Å². The SMILES string of the molecule is C=CCNC(=O)c1cc(C)cc(C)c1.CN1C(=O)c2ccc(C(C)(c3ccc4c(c3)C(=O)N(C)C4=O)C(F)(F)F)cc2C1=O.Cc1c(C)c(C)c(C)c(C)c1C.Cc1cc(C)cc(C(=O)O)c1. The van der Waals surface area contributed by atoms with Crippen molar-refractivity contribution in [1.29, 1.82) is 0 Å². The van der Waals surface area contributed by atoms with E-state index in [9.17, 15) is 41.9 Å². The van der Waals surface area contributed by atoms with E-state index >= 15 is 0 Å². The zero-order valence-electron chi connectivity index (χ0n) is 40.3. The monoisotopic (exact) mass is 917 g/mol. The first-order valence-electron chi connectivity index (χ1n) is 21.4. The van der Waals surface area contributed by atoms with Gasteiger partial charge in [0.05, 0.1) is 27.8 Å². The van der Waals surface area contributed by atoms with Crippen molar-refractivity contribution in [2.45, 2.75) is 87.8 Å². The Hall–Kier alpha value is -7.15. The van der Waals surface area contributed by atoms with E-state index in [0.717, 1.165) is 63.2 Å². The number of nitrogens with one attached hydrogen (secondary N) is 1. The van der Waals surface area contributed by atoms with Crippen LogP contribution in [0.25, 0.3) is 0 Å². The Balaban J connectivity index is 0.000000220. The largest absolute Gasteiger partial charge is 0.478 e. The minimum atomic E-state index is -4.80. The van der Waals surface area contributed by atoms with E-state index in [4.69, 9.17) is 5.11 Å². The first kappa shape index (κ1) is 52.5. The minimum Gasteiger partial charge on any atom is -0.478 e. The lowest BCUT2D eigenvalue weighted by Gasteiger charge is -2.33. The molecule has 5 amide bonds. The molecule has 2 aliphatic rings. The van der Waals surface area contributed by atoms with E-state index in [1.165, 1.54) is 59.6 Å². The molecule has 2 heterocycles. The molecule has 0 saturated carbocycles. The molecule has 13 heteroatoms. The van der Waals surface area contributed by atoms with Crippen molar-refractivity contribution in [2.75, 3.05) is 20.6 Å². The number of amides is 5. The summed E-state index contributed by atoms with van der Waals surface area (Å²) >= 11 is 0. The Bertz CT molecular complexity index is 2620. The maximum atomic E-state index is 14.4. The summed E-state index contributed by atoms with van der Waals surface area (Å²) < 4.78 is 43.1. The molecule has 0 aromatic heterocycles. The minimum absolute atomic E-state index is 0.0344. The molecule has 0 aliphatic carbocycles. The van der Waals surface area contributed by atoms with E-state index in [2.05, 4.69) is 53.4 Å². The third kappa shape index (κ3) is 10.9. The van der Waals surface area contributed by atoms with Gasteiger partial charge in [-0.3, -0.25) is 33.8 Å². The molecule has 67 heavy (non-hydrogen) atoms. The van der Waals surface area contributed by atoms with Gasteiger partial charge in [-0.15, -0.1) is 6.58 Å². The van der Waals surface area contributed by atoms with E-state index < -0.39 is 41.2 Å². The Kier molecular flexibility index (Phi) is 16.1. The fraction of sp³-hybridized carbons (Fsp3) is 0.296. The van der Waals surface area contributed by atoms with Crippen LogP contribution in [0.4, 0.5) is 13.2 Å².